The Bertz CT molecular complexity index is 1430. The Morgan fingerprint density at radius 2 is 2.14 bits per heavy atom. The molecule has 0 saturated carbocycles. The van der Waals surface area contributed by atoms with E-state index in [1.54, 1.807) is 0 Å². The van der Waals surface area contributed by atoms with Crippen molar-refractivity contribution in [2.45, 2.75) is 32.5 Å². The second kappa shape index (κ2) is 9.57. The Balaban J connectivity index is 1.37. The summed E-state index contributed by atoms with van der Waals surface area (Å²) in [6, 6.07) is 8.50. The molecule has 0 bridgehead atoms. The number of amides is 1. The van der Waals surface area contributed by atoms with E-state index in [4.69, 9.17) is 10.1 Å². The minimum absolute atomic E-state index is 0.125. The van der Waals surface area contributed by atoms with E-state index in [9.17, 15) is 18.7 Å². The van der Waals surface area contributed by atoms with Gasteiger partial charge in [0.05, 0.1) is 23.4 Å². The summed E-state index contributed by atoms with van der Waals surface area (Å²) in [6.45, 7) is 2.93. The largest absolute Gasteiger partial charge is 0.505 e. The molecule has 4 aromatic rings. The minimum atomic E-state index is -1.30. The van der Waals surface area contributed by atoms with Crippen molar-refractivity contribution < 1.29 is 23.8 Å². The fourth-order valence-electron chi connectivity index (χ4n) is 4.69. The van der Waals surface area contributed by atoms with Gasteiger partial charge in [-0.05, 0) is 47.4 Å². The molecule has 9 nitrogen and oxygen atoms in total. The van der Waals surface area contributed by atoms with Crippen LogP contribution in [0.25, 0.3) is 33.5 Å². The van der Waals surface area contributed by atoms with E-state index in [1.165, 1.54) is 12.1 Å². The van der Waals surface area contributed by atoms with Gasteiger partial charge in [-0.25, -0.2) is 18.6 Å². The average molecular weight is 497 g/mol. The highest BCUT2D eigenvalue weighted by Crippen LogP contribution is 2.34. The monoisotopic (exact) mass is 496 g/mol. The van der Waals surface area contributed by atoms with Gasteiger partial charge in [0.25, 0.3) is 0 Å². The molecular weight excluding hydrogens is 470 g/mol. The maximum Gasteiger partial charge on any atom is 0.404 e. The van der Waals surface area contributed by atoms with Crippen LogP contribution in [0.4, 0.5) is 13.6 Å². The third kappa shape index (κ3) is 4.61. The quantitative estimate of drug-likeness (QED) is 0.263. The average Bonchev–Trinajstić information content (AvgIpc) is 3.47. The van der Waals surface area contributed by atoms with Crippen molar-refractivity contribution in [3.63, 3.8) is 0 Å². The minimum Gasteiger partial charge on any atom is -0.505 e. The molecular formula is C25H26F2N6O3. The predicted octanol–water partition coefficient (Wildman–Crippen LogP) is 3.99. The molecule has 5 rings (SSSR count). The van der Waals surface area contributed by atoms with Crippen LogP contribution >= 0.6 is 0 Å². The van der Waals surface area contributed by atoms with E-state index in [-0.39, 0.29) is 18.8 Å². The fourth-order valence-corrected chi connectivity index (χ4v) is 4.69. The molecule has 0 spiro atoms. The molecule has 0 saturated heterocycles. The molecule has 0 aliphatic carbocycles. The molecule has 188 valence electrons. The topological polar surface area (TPSA) is 130 Å². The molecule has 1 aliphatic heterocycles. The first-order chi connectivity index (χ1) is 17.3. The third-order valence-corrected chi connectivity index (χ3v) is 6.49. The highest BCUT2D eigenvalue weighted by Gasteiger charge is 2.24. The molecule has 1 atom stereocenters. The lowest BCUT2D eigenvalue weighted by atomic mass is 9.96. The number of fused-ring (bicyclic) bond motifs is 2. The molecule has 0 fully saturated rings. The number of aromatic hydroxyl groups is 1. The number of alkyl halides is 1. The number of nitrogens with one attached hydrogen (secondary N) is 3. The van der Waals surface area contributed by atoms with Gasteiger partial charge in [-0.1, -0.05) is 13.0 Å². The van der Waals surface area contributed by atoms with Crippen LogP contribution < -0.4 is 5.32 Å². The number of aromatic amines is 2. The summed E-state index contributed by atoms with van der Waals surface area (Å²) in [6.07, 6.45) is -1.26. The summed E-state index contributed by atoms with van der Waals surface area (Å²) in [4.78, 5) is 20.5. The number of halogens is 2. The molecule has 2 aromatic heterocycles. The number of hydrogen-bond acceptors (Lipinski definition) is 5. The Morgan fingerprint density at radius 3 is 2.92 bits per heavy atom. The van der Waals surface area contributed by atoms with Crippen molar-refractivity contribution in [3.8, 4) is 28.4 Å². The summed E-state index contributed by atoms with van der Waals surface area (Å²) in [7, 11) is 0. The highest BCUT2D eigenvalue weighted by atomic mass is 19.1. The number of H-pyrrole nitrogens is 2. The number of aryl methyl sites for hydroxylation is 1. The molecule has 5 N–H and O–H groups in total. The van der Waals surface area contributed by atoms with Gasteiger partial charge in [0.1, 0.15) is 11.9 Å². The van der Waals surface area contributed by atoms with E-state index in [1.807, 2.05) is 30.0 Å². The fraction of sp³-hybridized carbons (Fsp3) is 0.320. The van der Waals surface area contributed by atoms with Gasteiger partial charge >= 0.3 is 6.09 Å². The number of phenolic OH excluding ortho intramolecular Hbond substituents is 1. The van der Waals surface area contributed by atoms with E-state index in [2.05, 4.69) is 20.5 Å². The first-order valence-electron chi connectivity index (χ1n) is 11.7. The number of carboxylic acid groups (broad SMARTS) is 1. The molecule has 1 unspecified atom stereocenters. The summed E-state index contributed by atoms with van der Waals surface area (Å²) in [5, 5.41) is 28.8. The maximum absolute atomic E-state index is 14.1. The van der Waals surface area contributed by atoms with Crippen molar-refractivity contribution in [2.75, 3.05) is 19.6 Å². The number of imidazole rings is 1. The Kier molecular flexibility index (Phi) is 6.31. The molecule has 36 heavy (non-hydrogen) atoms. The van der Waals surface area contributed by atoms with Gasteiger partial charge < -0.3 is 20.5 Å². The normalized spacial score (nSPS) is 14.6. The number of hydrogen-bond donors (Lipinski definition) is 5. The number of nitrogens with zero attached hydrogens (tertiary/aromatic N) is 3. The molecule has 1 aliphatic rings. The molecule has 11 heteroatoms. The first kappa shape index (κ1) is 23.7. The zero-order valence-corrected chi connectivity index (χ0v) is 19.6. The summed E-state index contributed by atoms with van der Waals surface area (Å²) in [5.41, 5.74) is 5.56. The second-order valence-corrected chi connectivity index (χ2v) is 8.93. The van der Waals surface area contributed by atoms with Crippen LogP contribution in [-0.2, 0) is 19.4 Å². The van der Waals surface area contributed by atoms with Gasteiger partial charge in [0.2, 0.25) is 0 Å². The first-order valence-corrected chi connectivity index (χ1v) is 11.7. The van der Waals surface area contributed by atoms with Crippen LogP contribution in [0.2, 0.25) is 0 Å². The number of aromatic nitrogens is 4. The third-order valence-electron chi connectivity index (χ3n) is 6.49. The van der Waals surface area contributed by atoms with Gasteiger partial charge in [-0.3, -0.25) is 10.00 Å². The summed E-state index contributed by atoms with van der Waals surface area (Å²) < 4.78 is 28.2. The van der Waals surface area contributed by atoms with Crippen LogP contribution in [0.15, 0.2) is 30.3 Å². The lowest BCUT2D eigenvalue weighted by Gasteiger charge is -2.27. The summed E-state index contributed by atoms with van der Waals surface area (Å²) >= 11 is 0. The van der Waals surface area contributed by atoms with Gasteiger partial charge in [0.15, 0.2) is 17.4 Å². The van der Waals surface area contributed by atoms with Crippen LogP contribution in [0, 0.1) is 5.82 Å². The van der Waals surface area contributed by atoms with Crippen molar-refractivity contribution in [2.24, 2.45) is 0 Å². The number of benzene rings is 2. The standard InChI is InChI=1S/C25H26F2N6O3/c1-2-13-8-22(34)18(27)9-17(13)14-3-4-16-20(7-14)31-32-23(16)24-29-19-5-6-33(12-21(19)30-24)11-15(26)10-28-25(35)36/h3-4,7-9,15,28,34H,2,5-6,10-12H2,1H3,(H,29,30)(H,31,32)(H,35,36). The zero-order chi connectivity index (χ0) is 25.4. The van der Waals surface area contributed by atoms with Crippen molar-refractivity contribution in [1.29, 1.82) is 0 Å². The lowest BCUT2D eigenvalue weighted by Crippen LogP contribution is -2.40. The van der Waals surface area contributed by atoms with Gasteiger partial charge in [-0.2, -0.15) is 5.10 Å². The zero-order valence-electron chi connectivity index (χ0n) is 19.6. The van der Waals surface area contributed by atoms with Crippen LogP contribution in [0.3, 0.4) is 0 Å². The number of phenols is 1. The predicted molar refractivity (Wildman–Crippen MR) is 130 cm³/mol. The van der Waals surface area contributed by atoms with Crippen LogP contribution in [0.5, 0.6) is 5.75 Å². The number of carbonyl (C=O) groups is 1. The van der Waals surface area contributed by atoms with Crippen molar-refractivity contribution >= 4 is 17.0 Å². The van der Waals surface area contributed by atoms with Gasteiger partial charge in [0, 0.05) is 31.4 Å². The lowest BCUT2D eigenvalue weighted by molar-refractivity contribution is 0.163. The van der Waals surface area contributed by atoms with E-state index >= 15 is 0 Å². The SMILES string of the molecule is CCc1cc(O)c(F)cc1-c1ccc2c(-c3nc4c([nH]3)CN(CC(F)CNC(=O)O)CC4)n[nH]c2c1. The van der Waals surface area contributed by atoms with Crippen molar-refractivity contribution in [3.05, 3.63) is 53.1 Å². The molecule has 1 amide bonds. The van der Waals surface area contributed by atoms with Gasteiger partial charge in [-0.15, -0.1) is 0 Å². The van der Waals surface area contributed by atoms with Crippen LogP contribution in [0.1, 0.15) is 23.9 Å². The molecule has 3 heterocycles. The maximum atomic E-state index is 14.1. The summed E-state index contributed by atoms with van der Waals surface area (Å²) in [5.74, 6) is -0.421. The van der Waals surface area contributed by atoms with E-state index in [0.717, 1.165) is 33.4 Å². The number of rotatable bonds is 7. The second-order valence-electron chi connectivity index (χ2n) is 8.93. The van der Waals surface area contributed by atoms with Crippen LogP contribution in [-0.4, -0.2) is 67.2 Å². The van der Waals surface area contributed by atoms with Crippen molar-refractivity contribution in [1.82, 2.24) is 30.4 Å². The van der Waals surface area contributed by atoms with E-state index in [0.29, 0.717) is 43.0 Å². The molecule has 0 radical (unpaired) electrons. The highest BCUT2D eigenvalue weighted by molar-refractivity contribution is 5.94. The Morgan fingerprint density at radius 1 is 1.31 bits per heavy atom. The Labute approximate surface area is 205 Å². The molecule has 2 aromatic carbocycles. The van der Waals surface area contributed by atoms with E-state index < -0.39 is 18.1 Å². The smallest absolute Gasteiger partial charge is 0.404 e. The Hall–Kier alpha value is -3.99.